The zero-order valence-corrected chi connectivity index (χ0v) is 12.2. The number of ether oxygens (including phenoxy) is 2. The van der Waals surface area contributed by atoms with Crippen molar-refractivity contribution in [3.8, 4) is 0 Å². The summed E-state index contributed by atoms with van der Waals surface area (Å²) in [6, 6.07) is 6.27. The van der Waals surface area contributed by atoms with Crippen LogP contribution in [0.25, 0.3) is 0 Å². The molecule has 118 valence electrons. The van der Waals surface area contributed by atoms with Crippen molar-refractivity contribution >= 4 is 10.1 Å². The molecule has 8 heteroatoms. The summed E-state index contributed by atoms with van der Waals surface area (Å²) in [5.74, 6) is 0. The number of halogens is 2. The molecular formula is C13H16F2O5S. The molecule has 5 nitrogen and oxygen atoms in total. The quantitative estimate of drug-likeness (QED) is 0.751. The summed E-state index contributed by atoms with van der Waals surface area (Å²) in [7, 11) is -3.95. The topological polar surface area (TPSA) is 61.8 Å². The van der Waals surface area contributed by atoms with Crippen molar-refractivity contribution in [1.29, 1.82) is 0 Å². The van der Waals surface area contributed by atoms with E-state index in [0.717, 1.165) is 5.56 Å². The van der Waals surface area contributed by atoms with Crippen molar-refractivity contribution in [2.75, 3.05) is 13.2 Å². The van der Waals surface area contributed by atoms with Gasteiger partial charge in [-0.3, -0.25) is 0 Å². The third-order valence-corrected chi connectivity index (χ3v) is 4.19. The second kappa shape index (κ2) is 6.78. The Morgan fingerprint density at radius 1 is 1.43 bits per heavy atom. The van der Waals surface area contributed by atoms with Crippen molar-refractivity contribution in [1.82, 2.24) is 0 Å². The molecule has 0 N–H and O–H groups in total. The molecular weight excluding hydrogens is 306 g/mol. The SMILES string of the molecule is Cc1cccc(S(=O)(=O)O[C@H]2C[C@H](OCC(F)F)CO2)c1. The van der Waals surface area contributed by atoms with Crippen LogP contribution in [0.1, 0.15) is 12.0 Å². The van der Waals surface area contributed by atoms with Crippen LogP contribution in [-0.2, 0) is 23.8 Å². The molecule has 0 bridgehead atoms. The largest absolute Gasteiger partial charge is 0.370 e. The van der Waals surface area contributed by atoms with Crippen molar-refractivity contribution in [2.24, 2.45) is 0 Å². The predicted molar refractivity (Wildman–Crippen MR) is 69.6 cm³/mol. The number of aryl methyl sites for hydroxylation is 1. The molecule has 0 amide bonds. The van der Waals surface area contributed by atoms with Crippen LogP contribution in [0.5, 0.6) is 0 Å². The smallest absolute Gasteiger partial charge is 0.299 e. The molecule has 21 heavy (non-hydrogen) atoms. The first-order chi connectivity index (χ1) is 9.87. The molecule has 0 aliphatic carbocycles. The Bertz CT molecular complexity index is 576. The van der Waals surface area contributed by atoms with Gasteiger partial charge in [0.1, 0.15) is 6.61 Å². The van der Waals surface area contributed by atoms with Gasteiger partial charge in [0, 0.05) is 6.42 Å². The van der Waals surface area contributed by atoms with E-state index in [9.17, 15) is 17.2 Å². The highest BCUT2D eigenvalue weighted by Gasteiger charge is 2.32. The fourth-order valence-electron chi connectivity index (χ4n) is 1.93. The maximum absolute atomic E-state index is 12.1. The van der Waals surface area contributed by atoms with Gasteiger partial charge in [-0.25, -0.2) is 13.0 Å². The Morgan fingerprint density at radius 2 is 2.19 bits per heavy atom. The van der Waals surface area contributed by atoms with E-state index in [0.29, 0.717) is 0 Å². The molecule has 1 aliphatic heterocycles. The molecule has 1 aliphatic rings. The highest BCUT2D eigenvalue weighted by Crippen LogP contribution is 2.23. The molecule has 0 radical (unpaired) electrons. The number of alkyl halides is 2. The van der Waals surface area contributed by atoms with E-state index in [4.69, 9.17) is 13.7 Å². The summed E-state index contributed by atoms with van der Waals surface area (Å²) in [6.45, 7) is 1.09. The Labute approximate surface area is 121 Å². The molecule has 1 fully saturated rings. The van der Waals surface area contributed by atoms with E-state index in [-0.39, 0.29) is 17.9 Å². The van der Waals surface area contributed by atoms with E-state index in [1.165, 1.54) is 12.1 Å². The van der Waals surface area contributed by atoms with Gasteiger partial charge in [0.25, 0.3) is 16.5 Å². The van der Waals surface area contributed by atoms with Gasteiger partial charge in [0.2, 0.25) is 0 Å². The summed E-state index contributed by atoms with van der Waals surface area (Å²) in [5, 5.41) is 0. The van der Waals surface area contributed by atoms with Gasteiger partial charge in [0.05, 0.1) is 17.6 Å². The molecule has 1 aromatic rings. The first-order valence-electron chi connectivity index (χ1n) is 6.38. The second-order valence-corrected chi connectivity index (χ2v) is 6.28. The van der Waals surface area contributed by atoms with Crippen LogP contribution < -0.4 is 0 Å². The molecule has 0 saturated carbocycles. The van der Waals surface area contributed by atoms with E-state index in [1.54, 1.807) is 19.1 Å². The van der Waals surface area contributed by atoms with Crippen LogP contribution in [-0.4, -0.2) is 40.5 Å². The first-order valence-corrected chi connectivity index (χ1v) is 7.79. The van der Waals surface area contributed by atoms with Crippen LogP contribution in [0, 0.1) is 6.92 Å². The molecule has 0 unspecified atom stereocenters. The minimum absolute atomic E-state index is 0.0285. The van der Waals surface area contributed by atoms with Crippen LogP contribution in [0.2, 0.25) is 0 Å². The van der Waals surface area contributed by atoms with Crippen LogP contribution in [0.15, 0.2) is 29.2 Å². The molecule has 0 spiro atoms. The van der Waals surface area contributed by atoms with Crippen molar-refractivity contribution < 1.29 is 30.9 Å². The maximum Gasteiger partial charge on any atom is 0.299 e. The molecule has 1 aromatic carbocycles. The summed E-state index contributed by atoms with van der Waals surface area (Å²) < 4.78 is 63.1. The number of hydrogen-bond acceptors (Lipinski definition) is 5. The molecule has 0 aromatic heterocycles. The van der Waals surface area contributed by atoms with Gasteiger partial charge in [0.15, 0.2) is 6.29 Å². The van der Waals surface area contributed by atoms with Gasteiger partial charge >= 0.3 is 0 Å². The number of benzene rings is 1. The van der Waals surface area contributed by atoms with E-state index >= 15 is 0 Å². The summed E-state index contributed by atoms with van der Waals surface area (Å²) in [6.07, 6.45) is -4.08. The molecule has 1 heterocycles. The maximum atomic E-state index is 12.1. The average molecular weight is 322 g/mol. The normalized spacial score (nSPS) is 22.9. The lowest BCUT2D eigenvalue weighted by molar-refractivity contribution is -0.0421. The fourth-order valence-corrected chi connectivity index (χ4v) is 3.03. The Hall–Kier alpha value is -1.09. The Balaban J connectivity index is 1.93. The highest BCUT2D eigenvalue weighted by atomic mass is 32.2. The minimum atomic E-state index is -3.95. The molecule has 2 rings (SSSR count). The van der Waals surface area contributed by atoms with E-state index in [1.807, 2.05) is 0 Å². The molecule has 1 saturated heterocycles. The van der Waals surface area contributed by atoms with Gasteiger partial charge in [-0.15, -0.1) is 0 Å². The molecule has 2 atom stereocenters. The van der Waals surface area contributed by atoms with Crippen molar-refractivity contribution in [3.63, 3.8) is 0 Å². The number of rotatable bonds is 6. The van der Waals surface area contributed by atoms with Crippen molar-refractivity contribution in [2.45, 2.75) is 37.1 Å². The minimum Gasteiger partial charge on any atom is -0.370 e. The standard InChI is InChI=1S/C13H16F2O5S/c1-9-3-2-4-11(5-9)21(16,17)20-13-6-10(7-19-13)18-8-12(14)15/h2-5,10,12-13H,6-8H2,1H3/t10-,13-/m0/s1. The summed E-state index contributed by atoms with van der Waals surface area (Å²) in [5.41, 5.74) is 0.783. The lowest BCUT2D eigenvalue weighted by atomic mass is 10.2. The Morgan fingerprint density at radius 3 is 2.86 bits per heavy atom. The first kappa shape index (κ1) is 16.3. The van der Waals surface area contributed by atoms with Gasteiger partial charge in [-0.1, -0.05) is 12.1 Å². The average Bonchev–Trinajstić information content (AvgIpc) is 2.83. The third-order valence-electron chi connectivity index (χ3n) is 2.89. The van der Waals surface area contributed by atoms with Gasteiger partial charge < -0.3 is 9.47 Å². The number of hydrogen-bond donors (Lipinski definition) is 0. The highest BCUT2D eigenvalue weighted by molar-refractivity contribution is 7.86. The van der Waals surface area contributed by atoms with Gasteiger partial charge in [-0.2, -0.15) is 8.42 Å². The fraction of sp³-hybridized carbons (Fsp3) is 0.538. The van der Waals surface area contributed by atoms with E-state index in [2.05, 4.69) is 0 Å². The lowest BCUT2D eigenvalue weighted by Gasteiger charge is -2.12. The summed E-state index contributed by atoms with van der Waals surface area (Å²) >= 11 is 0. The van der Waals surface area contributed by atoms with Crippen LogP contribution in [0.4, 0.5) is 8.78 Å². The van der Waals surface area contributed by atoms with Crippen LogP contribution >= 0.6 is 0 Å². The monoisotopic (exact) mass is 322 g/mol. The summed E-state index contributed by atoms with van der Waals surface area (Å²) in [4.78, 5) is 0.0306. The zero-order chi connectivity index (χ0) is 15.5. The second-order valence-electron chi connectivity index (χ2n) is 4.71. The Kier molecular flexibility index (Phi) is 5.26. The van der Waals surface area contributed by atoms with Crippen LogP contribution in [0.3, 0.4) is 0 Å². The predicted octanol–water partition coefficient (Wildman–Crippen LogP) is 2.10. The third kappa shape index (κ3) is 4.70. The van der Waals surface area contributed by atoms with Gasteiger partial charge in [-0.05, 0) is 24.6 Å². The zero-order valence-electron chi connectivity index (χ0n) is 11.4. The van der Waals surface area contributed by atoms with E-state index < -0.39 is 35.5 Å². The van der Waals surface area contributed by atoms with Crippen molar-refractivity contribution in [3.05, 3.63) is 29.8 Å². The lowest BCUT2D eigenvalue weighted by Crippen LogP contribution is -2.20.